The number of nitrogens with zero attached hydrogens (tertiary/aromatic N) is 1. The number of halogens is 5. The molecule has 0 saturated carbocycles. The third-order valence-electron chi connectivity index (χ3n) is 6.25. The lowest BCUT2D eigenvalue weighted by Gasteiger charge is -2.39. The molecular formula is C25H24ClF4N3O3. The van der Waals surface area contributed by atoms with Crippen molar-refractivity contribution >= 4 is 40.9 Å². The minimum atomic E-state index is -4.96. The zero-order valence-electron chi connectivity index (χ0n) is 19.2. The fraction of sp³-hybridized carbons (Fsp3) is 0.360. The number of fused-ring (bicyclic) bond motifs is 2. The van der Waals surface area contributed by atoms with Crippen LogP contribution < -0.4 is 15.4 Å². The fourth-order valence-corrected chi connectivity index (χ4v) is 5.09. The van der Waals surface area contributed by atoms with Crippen LogP contribution in [-0.4, -0.2) is 41.2 Å². The van der Waals surface area contributed by atoms with Crippen LogP contribution >= 0.6 is 11.6 Å². The van der Waals surface area contributed by atoms with Crippen LogP contribution in [0.2, 0.25) is 5.02 Å². The van der Waals surface area contributed by atoms with Gasteiger partial charge in [0.15, 0.2) is 0 Å². The first-order chi connectivity index (χ1) is 17.0. The van der Waals surface area contributed by atoms with Gasteiger partial charge in [-0.05, 0) is 68.2 Å². The van der Waals surface area contributed by atoms with Gasteiger partial charge in [0.1, 0.15) is 11.6 Å². The maximum absolute atomic E-state index is 13.2. The number of benzene rings is 2. The van der Waals surface area contributed by atoms with E-state index in [1.54, 1.807) is 17.0 Å². The molecule has 0 radical (unpaired) electrons. The summed E-state index contributed by atoms with van der Waals surface area (Å²) in [4.78, 5) is 26.5. The zero-order chi connectivity index (χ0) is 26.0. The Kier molecular flexibility index (Phi) is 7.44. The topological polar surface area (TPSA) is 70.7 Å². The predicted molar refractivity (Wildman–Crippen MR) is 128 cm³/mol. The third-order valence-corrected chi connectivity index (χ3v) is 6.54. The Balaban J connectivity index is 1.49. The molecule has 2 aliphatic rings. The van der Waals surface area contributed by atoms with Crippen molar-refractivity contribution in [3.05, 3.63) is 58.9 Å². The van der Waals surface area contributed by atoms with Crippen molar-refractivity contribution < 1.29 is 31.9 Å². The Hall–Kier alpha value is -3.27. The monoisotopic (exact) mass is 525 g/mol. The van der Waals surface area contributed by atoms with Crippen LogP contribution in [0.15, 0.2) is 42.5 Å². The van der Waals surface area contributed by atoms with Gasteiger partial charge in [0.05, 0.1) is 5.02 Å². The fourth-order valence-electron chi connectivity index (χ4n) is 4.89. The highest BCUT2D eigenvalue weighted by atomic mass is 35.5. The van der Waals surface area contributed by atoms with Crippen molar-refractivity contribution in [2.75, 3.05) is 10.6 Å². The molecule has 2 heterocycles. The van der Waals surface area contributed by atoms with E-state index in [1.165, 1.54) is 31.2 Å². The number of carbonyl (C=O) groups is 2. The summed E-state index contributed by atoms with van der Waals surface area (Å²) in [5, 5.41) is 5.56. The molecule has 0 aliphatic carbocycles. The molecule has 0 spiro atoms. The summed E-state index contributed by atoms with van der Waals surface area (Å²) in [6.07, 6.45) is 0.785. The van der Waals surface area contributed by atoms with E-state index in [1.807, 2.05) is 0 Å². The van der Waals surface area contributed by atoms with Crippen molar-refractivity contribution in [3.8, 4) is 5.75 Å². The molecular weight excluding hydrogens is 502 g/mol. The van der Waals surface area contributed by atoms with Gasteiger partial charge in [-0.15, -0.1) is 13.2 Å². The van der Waals surface area contributed by atoms with E-state index in [4.69, 9.17) is 11.6 Å². The number of nitrogens with one attached hydrogen (secondary N) is 2. The molecule has 36 heavy (non-hydrogen) atoms. The summed E-state index contributed by atoms with van der Waals surface area (Å²) in [5.41, 5.74) is 1.10. The average molecular weight is 526 g/mol. The maximum Gasteiger partial charge on any atom is 0.573 e. The van der Waals surface area contributed by atoms with Crippen LogP contribution in [0, 0.1) is 5.82 Å². The number of anilines is 2. The lowest BCUT2D eigenvalue weighted by Crippen LogP contribution is -2.49. The average Bonchev–Trinajstić information content (AvgIpc) is 3.05. The second kappa shape index (κ2) is 10.4. The molecule has 6 nitrogen and oxygen atoms in total. The van der Waals surface area contributed by atoms with Gasteiger partial charge < -0.3 is 20.3 Å². The molecule has 0 unspecified atom stereocenters. The van der Waals surface area contributed by atoms with Gasteiger partial charge in [0, 0.05) is 48.1 Å². The Labute approximate surface area is 210 Å². The van der Waals surface area contributed by atoms with Crippen LogP contribution in [0.3, 0.4) is 0 Å². The lowest BCUT2D eigenvalue weighted by atomic mass is 9.96. The van der Waals surface area contributed by atoms with Gasteiger partial charge in [-0.3, -0.25) is 9.59 Å². The first kappa shape index (κ1) is 25.8. The van der Waals surface area contributed by atoms with Gasteiger partial charge in [0.25, 0.3) is 0 Å². The second-order valence-corrected chi connectivity index (χ2v) is 9.29. The first-order valence-corrected chi connectivity index (χ1v) is 11.8. The number of alkyl halides is 3. The number of ether oxygens (including phenoxy) is 1. The largest absolute Gasteiger partial charge is 0.573 e. The Morgan fingerprint density at radius 2 is 1.75 bits per heavy atom. The number of rotatable bonds is 6. The highest BCUT2D eigenvalue weighted by Gasteiger charge is 2.42. The van der Waals surface area contributed by atoms with E-state index in [-0.39, 0.29) is 46.1 Å². The SMILES string of the molecule is CC(=O)Nc1cc(Cl)c(OC(F)(F)F)cc1/C=C/C(=O)N1[C@@H]2CC[C@H]1C[C@@H](Nc1ccc(F)cc1)C2. The molecule has 2 aromatic rings. The quantitative estimate of drug-likeness (QED) is 0.359. The van der Waals surface area contributed by atoms with E-state index < -0.39 is 18.0 Å². The van der Waals surface area contributed by atoms with Gasteiger partial charge in [0.2, 0.25) is 11.8 Å². The lowest BCUT2D eigenvalue weighted by molar-refractivity contribution is -0.274. The summed E-state index contributed by atoms with van der Waals surface area (Å²) in [7, 11) is 0. The molecule has 2 fully saturated rings. The Morgan fingerprint density at radius 3 is 2.33 bits per heavy atom. The molecule has 11 heteroatoms. The summed E-state index contributed by atoms with van der Waals surface area (Å²) >= 11 is 5.90. The third kappa shape index (κ3) is 6.29. The van der Waals surface area contributed by atoms with Crippen molar-refractivity contribution in [1.82, 2.24) is 4.90 Å². The summed E-state index contributed by atoms with van der Waals surface area (Å²) in [5.74, 6) is -1.68. The smallest absolute Gasteiger partial charge is 0.404 e. The number of piperidine rings is 1. The second-order valence-electron chi connectivity index (χ2n) is 8.88. The predicted octanol–water partition coefficient (Wildman–Crippen LogP) is 5.98. The van der Waals surface area contributed by atoms with Crippen LogP contribution in [0.1, 0.15) is 38.2 Å². The van der Waals surface area contributed by atoms with Gasteiger partial charge in [-0.2, -0.15) is 0 Å². The molecule has 2 bridgehead atoms. The van der Waals surface area contributed by atoms with Crippen molar-refractivity contribution in [2.24, 2.45) is 0 Å². The number of hydrogen-bond acceptors (Lipinski definition) is 4. The maximum atomic E-state index is 13.2. The van der Waals surface area contributed by atoms with Gasteiger partial charge in [-0.1, -0.05) is 11.6 Å². The Bertz CT molecular complexity index is 1160. The highest BCUT2D eigenvalue weighted by Crippen LogP contribution is 2.38. The molecule has 3 atom stereocenters. The summed E-state index contributed by atoms with van der Waals surface area (Å²) in [6.45, 7) is 1.24. The van der Waals surface area contributed by atoms with E-state index in [9.17, 15) is 27.2 Å². The number of amides is 2. The van der Waals surface area contributed by atoms with Crippen LogP contribution in [0.4, 0.5) is 28.9 Å². The van der Waals surface area contributed by atoms with E-state index in [0.29, 0.717) is 0 Å². The normalized spacial score (nSPS) is 21.5. The van der Waals surface area contributed by atoms with Crippen molar-refractivity contribution in [1.29, 1.82) is 0 Å². The number of hydrogen-bond donors (Lipinski definition) is 2. The first-order valence-electron chi connectivity index (χ1n) is 11.4. The van der Waals surface area contributed by atoms with Crippen LogP contribution in [0.5, 0.6) is 5.75 Å². The zero-order valence-corrected chi connectivity index (χ0v) is 20.0. The van der Waals surface area contributed by atoms with Gasteiger partial charge in [-0.25, -0.2) is 4.39 Å². The van der Waals surface area contributed by atoms with Gasteiger partial charge >= 0.3 is 6.36 Å². The molecule has 2 saturated heterocycles. The highest BCUT2D eigenvalue weighted by molar-refractivity contribution is 6.32. The van der Waals surface area contributed by atoms with Crippen molar-refractivity contribution in [3.63, 3.8) is 0 Å². The van der Waals surface area contributed by atoms with Crippen LogP contribution in [0.25, 0.3) is 6.08 Å². The molecule has 2 N–H and O–H groups in total. The molecule has 2 aliphatic heterocycles. The minimum Gasteiger partial charge on any atom is -0.404 e. The summed E-state index contributed by atoms with van der Waals surface area (Å²) in [6, 6.07) is 8.43. The van der Waals surface area contributed by atoms with E-state index in [0.717, 1.165) is 43.5 Å². The van der Waals surface area contributed by atoms with Crippen molar-refractivity contribution in [2.45, 2.75) is 57.1 Å². The molecule has 0 aromatic heterocycles. The molecule has 192 valence electrons. The minimum absolute atomic E-state index is 0.00278. The Morgan fingerprint density at radius 1 is 1.11 bits per heavy atom. The summed E-state index contributed by atoms with van der Waals surface area (Å²) < 4.78 is 55.4. The van der Waals surface area contributed by atoms with E-state index >= 15 is 0 Å². The van der Waals surface area contributed by atoms with E-state index in [2.05, 4.69) is 15.4 Å². The van der Waals surface area contributed by atoms with Crippen LogP contribution in [-0.2, 0) is 9.59 Å². The standard InChI is InChI=1S/C25H24ClF4N3O3/c1-14(34)31-22-13-21(26)23(36-25(28,29)30)10-15(22)2-9-24(35)33-19-7-8-20(33)12-18(11-19)32-17-5-3-16(27)4-6-17/h2-6,9-10,13,18-20,32H,7-8,11-12H2,1H3,(H,31,34)/b9-2+/t18-,19+,20-. The molecule has 4 rings (SSSR count). The molecule has 2 amide bonds. The molecule has 2 aromatic carbocycles. The number of carbonyl (C=O) groups excluding carboxylic acids is 2.